The summed E-state index contributed by atoms with van der Waals surface area (Å²) in [6, 6.07) is 3.78. The van der Waals surface area contributed by atoms with Crippen molar-refractivity contribution >= 4 is 51.6 Å². The molecule has 17 heavy (non-hydrogen) atoms. The number of carbonyl (C=O) groups excluding carboxylic acids is 1. The van der Waals surface area contributed by atoms with Gasteiger partial charge in [-0.1, -0.05) is 6.07 Å². The van der Waals surface area contributed by atoms with Crippen LogP contribution in [-0.4, -0.2) is 27.5 Å². The van der Waals surface area contributed by atoms with E-state index in [9.17, 15) is 4.79 Å². The van der Waals surface area contributed by atoms with Gasteiger partial charge in [0, 0.05) is 4.88 Å². The highest BCUT2D eigenvalue weighted by Crippen LogP contribution is 2.25. The van der Waals surface area contributed by atoms with E-state index in [1.807, 2.05) is 17.5 Å². The summed E-state index contributed by atoms with van der Waals surface area (Å²) in [5.74, 6) is -0.303. The molecule has 0 fully saturated rings. The second-order valence-corrected chi connectivity index (χ2v) is 5.06. The maximum atomic E-state index is 11.8. The SMILES string of the molecule is N=C1C(=Cc2cccs2)C(=O)N=C2SC=NN12. The molecule has 0 saturated heterocycles. The fourth-order valence-corrected chi connectivity index (χ4v) is 2.72. The van der Waals surface area contributed by atoms with Crippen LogP contribution in [-0.2, 0) is 4.79 Å². The first-order valence-electron chi connectivity index (χ1n) is 4.72. The first kappa shape index (κ1) is 10.4. The lowest BCUT2D eigenvalue weighted by Crippen LogP contribution is -2.35. The van der Waals surface area contributed by atoms with Crippen molar-refractivity contribution in [2.75, 3.05) is 0 Å². The maximum absolute atomic E-state index is 11.8. The van der Waals surface area contributed by atoms with E-state index in [4.69, 9.17) is 5.41 Å². The molecule has 84 valence electrons. The molecule has 3 rings (SSSR count). The number of hydrogen-bond donors (Lipinski definition) is 1. The first-order chi connectivity index (χ1) is 8.25. The zero-order chi connectivity index (χ0) is 11.8. The predicted octanol–water partition coefficient (Wildman–Crippen LogP) is 2.00. The van der Waals surface area contributed by atoms with Gasteiger partial charge in [0.25, 0.3) is 5.91 Å². The summed E-state index contributed by atoms with van der Waals surface area (Å²) in [6.07, 6.45) is 1.67. The number of carbonyl (C=O) groups is 1. The number of amidine groups is 2. The normalized spacial score (nSPS) is 21.1. The minimum atomic E-state index is -0.382. The Kier molecular flexibility index (Phi) is 2.41. The minimum Gasteiger partial charge on any atom is -0.282 e. The molecule has 0 spiro atoms. The molecule has 0 unspecified atom stereocenters. The molecule has 0 bridgehead atoms. The standard InChI is InChI=1S/C10H6N4OS2/c11-8-7(4-6-2-1-3-16-6)9(15)13-10-14(8)12-5-17-10/h1-5,11H. The number of aliphatic imine (C=N–C) groups is 1. The third kappa shape index (κ3) is 1.73. The molecule has 1 aromatic rings. The van der Waals surface area contributed by atoms with Gasteiger partial charge in [-0.2, -0.15) is 15.1 Å². The molecule has 0 atom stereocenters. The molecule has 1 N–H and O–H groups in total. The molecule has 2 aliphatic rings. The largest absolute Gasteiger partial charge is 0.283 e. The highest BCUT2D eigenvalue weighted by Gasteiger charge is 2.32. The van der Waals surface area contributed by atoms with E-state index in [0.29, 0.717) is 5.17 Å². The van der Waals surface area contributed by atoms with Gasteiger partial charge in [0.15, 0.2) is 11.0 Å². The summed E-state index contributed by atoms with van der Waals surface area (Å²) < 4.78 is 0. The van der Waals surface area contributed by atoms with Gasteiger partial charge in [-0.25, -0.2) is 0 Å². The monoisotopic (exact) mass is 262 g/mol. The Morgan fingerprint density at radius 1 is 1.47 bits per heavy atom. The van der Waals surface area contributed by atoms with Crippen LogP contribution in [0.5, 0.6) is 0 Å². The van der Waals surface area contributed by atoms with Gasteiger partial charge in [0.05, 0.1) is 11.1 Å². The van der Waals surface area contributed by atoms with Crippen molar-refractivity contribution in [1.29, 1.82) is 5.41 Å². The smallest absolute Gasteiger partial charge is 0.282 e. The van der Waals surface area contributed by atoms with Crippen molar-refractivity contribution in [3.8, 4) is 0 Å². The second-order valence-electron chi connectivity index (χ2n) is 3.27. The molecule has 7 heteroatoms. The molecule has 1 amide bonds. The molecule has 2 aliphatic heterocycles. The van der Waals surface area contributed by atoms with Crippen molar-refractivity contribution in [3.63, 3.8) is 0 Å². The number of nitrogens with zero attached hydrogens (tertiary/aromatic N) is 3. The van der Waals surface area contributed by atoms with Crippen molar-refractivity contribution in [1.82, 2.24) is 5.01 Å². The molecule has 0 saturated carbocycles. The lowest BCUT2D eigenvalue weighted by atomic mass is 10.2. The van der Waals surface area contributed by atoms with Crippen LogP contribution in [0, 0.1) is 5.41 Å². The lowest BCUT2D eigenvalue weighted by Gasteiger charge is -2.20. The molecule has 0 radical (unpaired) electrons. The average Bonchev–Trinajstić information content (AvgIpc) is 2.94. The Hall–Kier alpha value is -1.73. The number of fused-ring (bicyclic) bond motifs is 1. The van der Waals surface area contributed by atoms with Crippen molar-refractivity contribution < 1.29 is 4.79 Å². The summed E-state index contributed by atoms with van der Waals surface area (Å²) in [5, 5.41) is 15.7. The van der Waals surface area contributed by atoms with Crippen molar-refractivity contribution in [3.05, 3.63) is 28.0 Å². The van der Waals surface area contributed by atoms with Crippen LogP contribution in [0.2, 0.25) is 0 Å². The molecule has 0 aliphatic carbocycles. The fourth-order valence-electron chi connectivity index (χ4n) is 1.45. The van der Waals surface area contributed by atoms with Gasteiger partial charge in [0.2, 0.25) is 0 Å². The molecule has 5 nitrogen and oxygen atoms in total. The molecule has 1 aromatic heterocycles. The number of rotatable bonds is 1. The van der Waals surface area contributed by atoms with E-state index in [1.54, 1.807) is 11.6 Å². The van der Waals surface area contributed by atoms with Crippen LogP contribution < -0.4 is 0 Å². The van der Waals surface area contributed by atoms with Crippen LogP contribution in [0.1, 0.15) is 4.88 Å². The number of nitrogens with one attached hydrogen (secondary N) is 1. The van der Waals surface area contributed by atoms with E-state index in [1.165, 1.54) is 28.1 Å². The van der Waals surface area contributed by atoms with E-state index in [0.717, 1.165) is 4.88 Å². The minimum absolute atomic E-state index is 0.0784. The quantitative estimate of drug-likeness (QED) is 0.787. The van der Waals surface area contributed by atoms with Crippen LogP contribution in [0.25, 0.3) is 6.08 Å². The average molecular weight is 262 g/mol. The summed E-state index contributed by atoms with van der Waals surface area (Å²) >= 11 is 2.75. The predicted molar refractivity (Wildman–Crippen MR) is 70.4 cm³/mol. The van der Waals surface area contributed by atoms with Crippen LogP contribution in [0.4, 0.5) is 0 Å². The highest BCUT2D eigenvalue weighted by molar-refractivity contribution is 8.25. The Balaban J connectivity index is 2.04. The Labute approximate surface area is 105 Å². The molecule has 0 aromatic carbocycles. The zero-order valence-corrected chi connectivity index (χ0v) is 10.1. The van der Waals surface area contributed by atoms with E-state index in [2.05, 4.69) is 10.1 Å². The third-order valence-electron chi connectivity index (χ3n) is 2.23. The van der Waals surface area contributed by atoms with E-state index < -0.39 is 0 Å². The van der Waals surface area contributed by atoms with Crippen LogP contribution in [0.15, 0.2) is 33.2 Å². The maximum Gasteiger partial charge on any atom is 0.283 e. The number of thioether (sulfide) groups is 1. The summed E-state index contributed by atoms with van der Waals surface area (Å²) in [6.45, 7) is 0. The summed E-state index contributed by atoms with van der Waals surface area (Å²) in [4.78, 5) is 16.6. The summed E-state index contributed by atoms with van der Waals surface area (Å²) in [5.41, 5.74) is 1.84. The third-order valence-corrected chi connectivity index (χ3v) is 3.72. The Bertz CT molecular complexity index is 585. The van der Waals surface area contributed by atoms with Crippen molar-refractivity contribution in [2.45, 2.75) is 0 Å². The Morgan fingerprint density at radius 2 is 2.35 bits per heavy atom. The number of thiophene rings is 1. The second kappa shape index (κ2) is 3.94. The van der Waals surface area contributed by atoms with E-state index >= 15 is 0 Å². The number of hydrazone groups is 1. The molecule has 3 heterocycles. The molecular formula is C10H6N4OS2. The molecular weight excluding hydrogens is 256 g/mol. The number of hydrogen-bond acceptors (Lipinski definition) is 5. The fraction of sp³-hybridized carbons (Fsp3) is 0. The van der Waals surface area contributed by atoms with Crippen molar-refractivity contribution in [2.24, 2.45) is 10.1 Å². The van der Waals surface area contributed by atoms with Gasteiger partial charge in [-0.15, -0.1) is 11.3 Å². The Morgan fingerprint density at radius 3 is 3.12 bits per heavy atom. The van der Waals surface area contributed by atoms with Gasteiger partial charge in [0.1, 0.15) is 0 Å². The van der Waals surface area contributed by atoms with E-state index in [-0.39, 0.29) is 17.3 Å². The first-order valence-corrected chi connectivity index (χ1v) is 6.48. The van der Waals surface area contributed by atoms with Gasteiger partial charge in [-0.3, -0.25) is 10.2 Å². The topological polar surface area (TPSA) is 68.9 Å². The lowest BCUT2D eigenvalue weighted by molar-refractivity contribution is -0.114. The van der Waals surface area contributed by atoms with Crippen LogP contribution in [0.3, 0.4) is 0 Å². The van der Waals surface area contributed by atoms with Gasteiger partial charge in [-0.05, 0) is 29.3 Å². The zero-order valence-electron chi connectivity index (χ0n) is 8.45. The summed E-state index contributed by atoms with van der Waals surface area (Å²) in [7, 11) is 0. The van der Waals surface area contributed by atoms with Gasteiger partial charge < -0.3 is 0 Å². The highest BCUT2D eigenvalue weighted by atomic mass is 32.2. The number of amides is 1. The van der Waals surface area contributed by atoms with Crippen LogP contribution >= 0.6 is 23.1 Å². The van der Waals surface area contributed by atoms with Gasteiger partial charge >= 0.3 is 0 Å².